The van der Waals surface area contributed by atoms with Gasteiger partial charge >= 0.3 is 5.97 Å². The van der Waals surface area contributed by atoms with Gasteiger partial charge in [0.25, 0.3) is 0 Å². The first kappa shape index (κ1) is 21.6. The third-order valence-corrected chi connectivity index (χ3v) is 7.43. The summed E-state index contributed by atoms with van der Waals surface area (Å²) in [6.07, 6.45) is 3.39. The number of aliphatic carboxylic acids is 1. The Balaban J connectivity index is 1.58. The largest absolute Gasteiger partial charge is 0.481 e. The Bertz CT molecular complexity index is 976. The van der Waals surface area contributed by atoms with E-state index < -0.39 is 21.9 Å². The Labute approximate surface area is 173 Å². The maximum atomic E-state index is 13.1. The van der Waals surface area contributed by atoms with Crippen molar-refractivity contribution in [3.63, 3.8) is 0 Å². The summed E-state index contributed by atoms with van der Waals surface area (Å²) in [7, 11) is -3.76. The number of rotatable bonds is 9. The highest BCUT2D eigenvalue weighted by molar-refractivity contribution is 7.89. The summed E-state index contributed by atoms with van der Waals surface area (Å²) in [5, 5.41) is 11.5. The van der Waals surface area contributed by atoms with Crippen LogP contribution in [0.3, 0.4) is 0 Å². The number of carbonyl (C=O) groups excluding carboxylic acids is 1. The second-order valence-corrected chi connectivity index (χ2v) is 9.52. The van der Waals surface area contributed by atoms with Crippen molar-refractivity contribution in [3.05, 3.63) is 18.2 Å². The monoisotopic (exact) mass is 440 g/mol. The lowest BCUT2D eigenvalue weighted by Crippen LogP contribution is -2.45. The Morgan fingerprint density at radius 1 is 1.24 bits per heavy atom. The molecule has 1 saturated heterocycles. The van der Waals surface area contributed by atoms with Gasteiger partial charge in [-0.05, 0) is 37.8 Å². The number of aromatic nitrogens is 2. The average molecular weight is 441 g/mol. The first-order valence-electron chi connectivity index (χ1n) is 9.60. The van der Waals surface area contributed by atoms with E-state index in [0.717, 1.165) is 18.1 Å². The van der Waals surface area contributed by atoms with Gasteiger partial charge in [0.1, 0.15) is 15.9 Å². The van der Waals surface area contributed by atoms with E-state index in [2.05, 4.69) is 14.1 Å². The van der Waals surface area contributed by atoms with Gasteiger partial charge < -0.3 is 10.4 Å². The summed E-state index contributed by atoms with van der Waals surface area (Å²) in [6, 6.07) is 4.90. The minimum absolute atomic E-state index is 0.128. The van der Waals surface area contributed by atoms with Crippen LogP contribution in [0.5, 0.6) is 0 Å². The molecule has 0 aliphatic carbocycles. The van der Waals surface area contributed by atoms with Crippen LogP contribution in [0, 0.1) is 5.92 Å². The van der Waals surface area contributed by atoms with Crippen molar-refractivity contribution in [2.45, 2.75) is 43.4 Å². The third kappa shape index (κ3) is 5.28. The smallest absolute Gasteiger partial charge is 0.303 e. The van der Waals surface area contributed by atoms with Gasteiger partial charge in [-0.25, -0.2) is 8.42 Å². The van der Waals surface area contributed by atoms with Crippen molar-refractivity contribution >= 4 is 44.7 Å². The topological polar surface area (TPSA) is 130 Å². The van der Waals surface area contributed by atoms with Gasteiger partial charge in [-0.15, -0.1) is 0 Å². The standard InChI is InChI=1S/C18H24N4O5S2/c23-16(24)9-2-1-3-10-19-18(25)13-6-5-11-22(12-13)29(26,27)15-8-4-7-14-17(15)21-28-20-14/h4,7-8,13H,1-3,5-6,9-12H2,(H,19,25)(H,23,24)/t13-/m0/s1. The molecular weight excluding hydrogens is 416 g/mol. The number of piperidine rings is 1. The van der Waals surface area contributed by atoms with Crippen molar-refractivity contribution in [1.29, 1.82) is 0 Å². The fourth-order valence-corrected chi connectivity index (χ4v) is 5.71. The van der Waals surface area contributed by atoms with E-state index in [1.54, 1.807) is 12.1 Å². The lowest BCUT2D eigenvalue weighted by Gasteiger charge is -2.31. The number of sulfonamides is 1. The highest BCUT2D eigenvalue weighted by atomic mass is 32.2. The van der Waals surface area contributed by atoms with E-state index in [1.165, 1.54) is 10.4 Å². The van der Waals surface area contributed by atoms with Crippen LogP contribution in [-0.4, -0.2) is 58.1 Å². The molecule has 3 rings (SSSR count). The zero-order valence-corrected chi connectivity index (χ0v) is 17.5. The summed E-state index contributed by atoms with van der Waals surface area (Å²) in [5.74, 6) is -1.37. The molecule has 0 spiro atoms. The van der Waals surface area contributed by atoms with Gasteiger partial charge in [-0.3, -0.25) is 9.59 Å². The molecule has 2 heterocycles. The van der Waals surface area contributed by atoms with E-state index >= 15 is 0 Å². The van der Waals surface area contributed by atoms with Crippen LogP contribution in [0.25, 0.3) is 11.0 Å². The van der Waals surface area contributed by atoms with Crippen molar-refractivity contribution < 1.29 is 23.1 Å². The van der Waals surface area contributed by atoms with Gasteiger partial charge in [0.05, 0.1) is 17.6 Å². The lowest BCUT2D eigenvalue weighted by molar-refractivity contribution is -0.137. The van der Waals surface area contributed by atoms with Crippen LogP contribution in [0.15, 0.2) is 23.1 Å². The molecule has 0 bridgehead atoms. The highest BCUT2D eigenvalue weighted by Crippen LogP contribution is 2.28. The van der Waals surface area contributed by atoms with Crippen LogP contribution in [0.4, 0.5) is 0 Å². The van der Waals surface area contributed by atoms with Crippen LogP contribution in [0.2, 0.25) is 0 Å². The third-order valence-electron chi connectivity index (χ3n) is 4.99. The van der Waals surface area contributed by atoms with Crippen LogP contribution < -0.4 is 5.32 Å². The van der Waals surface area contributed by atoms with E-state index in [9.17, 15) is 18.0 Å². The molecule has 1 atom stereocenters. The molecule has 1 aromatic carbocycles. The van der Waals surface area contributed by atoms with Crippen LogP contribution >= 0.6 is 11.7 Å². The molecular formula is C18H24N4O5S2. The molecule has 1 aliphatic rings. The fraction of sp³-hybridized carbons (Fsp3) is 0.556. The second-order valence-electron chi connectivity index (χ2n) is 7.09. The van der Waals surface area contributed by atoms with E-state index in [0.29, 0.717) is 49.8 Å². The fourth-order valence-electron chi connectivity index (χ4n) is 3.44. The lowest BCUT2D eigenvalue weighted by atomic mass is 9.99. The van der Waals surface area contributed by atoms with Crippen molar-refractivity contribution in [3.8, 4) is 0 Å². The van der Waals surface area contributed by atoms with Crippen molar-refractivity contribution in [2.24, 2.45) is 5.92 Å². The normalized spacial score (nSPS) is 18.0. The number of nitrogens with one attached hydrogen (secondary N) is 1. The van der Waals surface area contributed by atoms with Crippen molar-refractivity contribution in [2.75, 3.05) is 19.6 Å². The van der Waals surface area contributed by atoms with Crippen molar-refractivity contribution in [1.82, 2.24) is 18.4 Å². The predicted molar refractivity (Wildman–Crippen MR) is 108 cm³/mol. The van der Waals surface area contributed by atoms with Gasteiger partial charge in [0, 0.05) is 26.1 Å². The number of nitrogens with zero attached hydrogens (tertiary/aromatic N) is 3. The zero-order valence-electron chi connectivity index (χ0n) is 15.9. The van der Waals surface area contributed by atoms with E-state index in [1.807, 2.05) is 0 Å². The number of amides is 1. The summed E-state index contributed by atoms with van der Waals surface area (Å²) < 4.78 is 35.9. The second kappa shape index (κ2) is 9.59. The molecule has 0 unspecified atom stereocenters. The number of carboxylic acid groups (broad SMARTS) is 1. The molecule has 0 saturated carbocycles. The summed E-state index contributed by atoms with van der Waals surface area (Å²) in [5.41, 5.74) is 0.913. The Hall–Kier alpha value is -2.11. The molecule has 0 radical (unpaired) electrons. The Kier molecular flexibility index (Phi) is 7.14. The molecule has 1 aromatic heterocycles. The summed E-state index contributed by atoms with van der Waals surface area (Å²) in [6.45, 7) is 0.974. The molecule has 2 aromatic rings. The number of fused-ring (bicyclic) bond motifs is 1. The Morgan fingerprint density at radius 3 is 2.86 bits per heavy atom. The maximum absolute atomic E-state index is 13.1. The number of carboxylic acids is 1. The van der Waals surface area contributed by atoms with Gasteiger partial charge in [0.15, 0.2) is 0 Å². The number of benzene rings is 1. The SMILES string of the molecule is O=C(O)CCCCCNC(=O)[C@H]1CCCN(S(=O)(=O)c2cccc3nsnc23)C1. The highest BCUT2D eigenvalue weighted by Gasteiger charge is 2.34. The van der Waals surface area contributed by atoms with Crippen LogP contribution in [0.1, 0.15) is 38.5 Å². The van der Waals surface area contributed by atoms with Gasteiger partial charge in [0.2, 0.25) is 15.9 Å². The molecule has 158 valence electrons. The molecule has 1 fully saturated rings. The zero-order chi connectivity index (χ0) is 20.9. The predicted octanol–water partition coefficient (Wildman–Crippen LogP) is 1.85. The summed E-state index contributed by atoms with van der Waals surface area (Å²) in [4.78, 5) is 23.1. The first-order valence-corrected chi connectivity index (χ1v) is 11.8. The molecule has 29 heavy (non-hydrogen) atoms. The van der Waals surface area contributed by atoms with Gasteiger partial charge in [-0.1, -0.05) is 12.5 Å². The molecule has 1 amide bonds. The van der Waals surface area contributed by atoms with Gasteiger partial charge in [-0.2, -0.15) is 13.1 Å². The molecule has 11 heteroatoms. The number of carbonyl (C=O) groups is 2. The quantitative estimate of drug-likeness (QED) is 0.569. The molecule has 1 aliphatic heterocycles. The Morgan fingerprint density at radius 2 is 2.07 bits per heavy atom. The number of hydrogen-bond acceptors (Lipinski definition) is 7. The van der Waals surface area contributed by atoms with E-state index in [4.69, 9.17) is 5.11 Å². The summed E-state index contributed by atoms with van der Waals surface area (Å²) >= 11 is 0.972. The van der Waals surface area contributed by atoms with Crippen LogP contribution in [-0.2, 0) is 19.6 Å². The maximum Gasteiger partial charge on any atom is 0.303 e. The molecule has 9 nitrogen and oxygen atoms in total. The minimum atomic E-state index is -3.76. The average Bonchev–Trinajstić information content (AvgIpc) is 3.19. The minimum Gasteiger partial charge on any atom is -0.481 e. The number of hydrogen-bond donors (Lipinski definition) is 2. The molecule has 2 N–H and O–H groups in total. The first-order chi connectivity index (χ1) is 13.9. The van der Waals surface area contributed by atoms with E-state index in [-0.39, 0.29) is 23.8 Å². The number of unbranched alkanes of at least 4 members (excludes halogenated alkanes) is 2.